The van der Waals surface area contributed by atoms with E-state index in [2.05, 4.69) is 36.6 Å². The molecule has 0 bridgehead atoms. The van der Waals surface area contributed by atoms with Gasteiger partial charge in [-0.1, -0.05) is 20.8 Å². The Morgan fingerprint density at radius 2 is 2.38 bits per heavy atom. The number of guanidine groups is 1. The fourth-order valence-corrected chi connectivity index (χ4v) is 1.02. The average molecular weight is 185 g/mol. The molecule has 1 rings (SSSR count). The smallest absolute Gasteiger partial charge is 0.215 e. The molecule has 0 aliphatic carbocycles. The van der Waals surface area contributed by atoms with Gasteiger partial charge in [0.1, 0.15) is 0 Å². The summed E-state index contributed by atoms with van der Waals surface area (Å²) in [5, 5.41) is 3.18. The lowest BCUT2D eigenvalue weighted by molar-refractivity contribution is 0.0810. The third kappa shape index (κ3) is 3.63. The van der Waals surface area contributed by atoms with Gasteiger partial charge < -0.3 is 5.32 Å². The monoisotopic (exact) mass is 185 g/mol. The molecule has 0 aromatic carbocycles. The van der Waals surface area contributed by atoms with Gasteiger partial charge in [0.05, 0.1) is 6.61 Å². The number of hydrogen-bond acceptors (Lipinski definition) is 4. The highest BCUT2D eigenvalue weighted by Crippen LogP contribution is 2.15. The number of nitrogens with one attached hydrogen (secondary N) is 2. The van der Waals surface area contributed by atoms with Crippen LogP contribution < -0.4 is 10.8 Å². The van der Waals surface area contributed by atoms with E-state index in [0.29, 0.717) is 6.61 Å². The maximum absolute atomic E-state index is 5.15. The minimum atomic E-state index is 0.260. The molecule has 0 saturated heterocycles. The van der Waals surface area contributed by atoms with Crippen LogP contribution in [0.3, 0.4) is 0 Å². The van der Waals surface area contributed by atoms with Gasteiger partial charge in [0.15, 0.2) is 0 Å². The lowest BCUT2D eigenvalue weighted by Gasteiger charge is -2.28. The lowest BCUT2D eigenvalue weighted by Crippen LogP contribution is -2.47. The SMILES string of the molecule is CCCONC1=NCC(C)(C)CN1. The first-order valence-corrected chi connectivity index (χ1v) is 4.80. The Labute approximate surface area is 79.7 Å². The van der Waals surface area contributed by atoms with Gasteiger partial charge in [-0.3, -0.25) is 9.83 Å². The van der Waals surface area contributed by atoms with E-state index in [1.54, 1.807) is 0 Å². The first-order chi connectivity index (χ1) is 6.14. The standard InChI is InChI=1S/C9H19N3O/c1-4-5-13-12-8-10-6-9(2,3)7-11-8/h4-7H2,1-3H3,(H2,10,11,12). The van der Waals surface area contributed by atoms with Gasteiger partial charge >= 0.3 is 0 Å². The van der Waals surface area contributed by atoms with E-state index in [1.807, 2.05) is 0 Å². The van der Waals surface area contributed by atoms with Crippen LogP contribution in [0.2, 0.25) is 0 Å². The Hall–Kier alpha value is -0.770. The summed E-state index contributed by atoms with van der Waals surface area (Å²) >= 11 is 0. The van der Waals surface area contributed by atoms with Gasteiger partial charge in [0.25, 0.3) is 0 Å². The van der Waals surface area contributed by atoms with Crippen molar-refractivity contribution in [3.05, 3.63) is 0 Å². The van der Waals surface area contributed by atoms with Crippen LogP contribution in [0.1, 0.15) is 27.2 Å². The van der Waals surface area contributed by atoms with Gasteiger partial charge in [-0.2, -0.15) is 0 Å². The zero-order chi connectivity index (χ0) is 9.73. The summed E-state index contributed by atoms with van der Waals surface area (Å²) in [7, 11) is 0. The quantitative estimate of drug-likeness (QED) is 0.507. The van der Waals surface area contributed by atoms with Gasteiger partial charge in [-0.25, -0.2) is 5.48 Å². The second kappa shape index (κ2) is 4.46. The maximum atomic E-state index is 5.15. The van der Waals surface area contributed by atoms with Crippen molar-refractivity contribution in [2.45, 2.75) is 27.2 Å². The van der Waals surface area contributed by atoms with E-state index < -0.39 is 0 Å². The molecule has 0 saturated carbocycles. The molecule has 1 aliphatic rings. The fourth-order valence-electron chi connectivity index (χ4n) is 1.02. The number of hydrogen-bond donors (Lipinski definition) is 2. The average Bonchev–Trinajstić information content (AvgIpc) is 2.08. The van der Waals surface area contributed by atoms with E-state index in [0.717, 1.165) is 25.5 Å². The van der Waals surface area contributed by atoms with Crippen LogP contribution in [0, 0.1) is 5.41 Å². The number of nitrogens with zero attached hydrogens (tertiary/aromatic N) is 1. The van der Waals surface area contributed by atoms with Gasteiger partial charge in [-0.15, -0.1) is 0 Å². The van der Waals surface area contributed by atoms with Crippen molar-refractivity contribution in [1.82, 2.24) is 10.8 Å². The molecule has 1 heterocycles. The lowest BCUT2D eigenvalue weighted by atomic mass is 9.93. The topological polar surface area (TPSA) is 45.6 Å². The van der Waals surface area contributed by atoms with Gasteiger partial charge in [0.2, 0.25) is 5.96 Å². The highest BCUT2D eigenvalue weighted by molar-refractivity contribution is 5.79. The molecule has 0 radical (unpaired) electrons. The molecule has 0 unspecified atom stereocenters. The number of hydroxylamine groups is 1. The molecule has 1 aliphatic heterocycles. The molecule has 0 aromatic heterocycles. The second-order valence-electron chi connectivity index (χ2n) is 4.13. The predicted octanol–water partition coefficient (Wildman–Crippen LogP) is 0.903. The molecule has 2 N–H and O–H groups in total. The zero-order valence-corrected chi connectivity index (χ0v) is 8.68. The Balaban J connectivity index is 2.25. The van der Waals surface area contributed by atoms with Crippen LogP contribution in [0.15, 0.2) is 4.99 Å². The van der Waals surface area contributed by atoms with Crippen molar-refractivity contribution in [1.29, 1.82) is 0 Å². The molecule has 4 heteroatoms. The minimum absolute atomic E-state index is 0.260. The number of rotatable bonds is 3. The summed E-state index contributed by atoms with van der Waals surface area (Å²) in [4.78, 5) is 9.47. The van der Waals surface area contributed by atoms with Crippen LogP contribution >= 0.6 is 0 Å². The Morgan fingerprint density at radius 3 is 2.92 bits per heavy atom. The van der Waals surface area contributed by atoms with E-state index in [4.69, 9.17) is 4.84 Å². The molecule has 76 valence electrons. The van der Waals surface area contributed by atoms with Crippen molar-refractivity contribution >= 4 is 5.96 Å². The van der Waals surface area contributed by atoms with Crippen LogP contribution in [0.25, 0.3) is 0 Å². The van der Waals surface area contributed by atoms with Gasteiger partial charge in [0, 0.05) is 18.5 Å². The van der Waals surface area contributed by atoms with E-state index in [9.17, 15) is 0 Å². The molecule has 0 aromatic rings. The molecule has 0 amide bonds. The normalized spacial score (nSPS) is 20.4. The van der Waals surface area contributed by atoms with Crippen LogP contribution in [-0.2, 0) is 4.84 Å². The maximum Gasteiger partial charge on any atom is 0.215 e. The van der Waals surface area contributed by atoms with Crippen molar-refractivity contribution < 1.29 is 4.84 Å². The third-order valence-electron chi connectivity index (χ3n) is 1.87. The van der Waals surface area contributed by atoms with E-state index >= 15 is 0 Å². The highest BCUT2D eigenvalue weighted by Gasteiger charge is 2.21. The predicted molar refractivity (Wildman–Crippen MR) is 53.5 cm³/mol. The molecule has 4 nitrogen and oxygen atoms in total. The molecular weight excluding hydrogens is 166 g/mol. The van der Waals surface area contributed by atoms with E-state index in [-0.39, 0.29) is 5.41 Å². The largest absolute Gasteiger partial charge is 0.354 e. The molecule has 0 spiro atoms. The molecule has 13 heavy (non-hydrogen) atoms. The third-order valence-corrected chi connectivity index (χ3v) is 1.87. The molecule has 0 fully saturated rings. The van der Waals surface area contributed by atoms with Gasteiger partial charge in [-0.05, 0) is 6.42 Å². The van der Waals surface area contributed by atoms with Crippen molar-refractivity contribution in [3.8, 4) is 0 Å². The van der Waals surface area contributed by atoms with Crippen LogP contribution in [-0.4, -0.2) is 25.7 Å². The first-order valence-electron chi connectivity index (χ1n) is 4.80. The van der Waals surface area contributed by atoms with E-state index in [1.165, 1.54) is 0 Å². The Kier molecular flexibility index (Phi) is 3.54. The Bertz CT molecular complexity index is 189. The second-order valence-corrected chi connectivity index (χ2v) is 4.13. The van der Waals surface area contributed by atoms with Crippen LogP contribution in [0.5, 0.6) is 0 Å². The summed E-state index contributed by atoms with van der Waals surface area (Å²) in [5.74, 6) is 0.757. The Morgan fingerprint density at radius 1 is 1.62 bits per heavy atom. The summed E-state index contributed by atoms with van der Waals surface area (Å²) in [6.45, 7) is 8.94. The summed E-state index contributed by atoms with van der Waals surface area (Å²) in [5.41, 5.74) is 3.06. The first kappa shape index (κ1) is 10.3. The minimum Gasteiger partial charge on any atom is -0.354 e. The van der Waals surface area contributed by atoms with Crippen molar-refractivity contribution in [2.24, 2.45) is 10.4 Å². The van der Waals surface area contributed by atoms with Crippen molar-refractivity contribution in [3.63, 3.8) is 0 Å². The summed E-state index contributed by atoms with van der Waals surface area (Å²) in [6.07, 6.45) is 1.01. The zero-order valence-electron chi connectivity index (χ0n) is 8.68. The van der Waals surface area contributed by atoms with Crippen molar-refractivity contribution in [2.75, 3.05) is 19.7 Å². The molecule has 0 atom stereocenters. The molecular formula is C9H19N3O. The summed E-state index contributed by atoms with van der Waals surface area (Å²) in [6, 6.07) is 0. The summed E-state index contributed by atoms with van der Waals surface area (Å²) < 4.78 is 0. The number of aliphatic imine (C=N–C) groups is 1. The fraction of sp³-hybridized carbons (Fsp3) is 0.889. The highest BCUT2D eigenvalue weighted by atomic mass is 16.6. The van der Waals surface area contributed by atoms with Crippen LogP contribution in [0.4, 0.5) is 0 Å².